The molecule has 4 aromatic rings. The molecule has 0 amide bonds. The number of fused-ring (bicyclic) bond motifs is 2. The molecule has 13 heteroatoms. The summed E-state index contributed by atoms with van der Waals surface area (Å²) < 4.78 is 60.6. The molecule has 1 aliphatic heterocycles. The molecule has 0 aliphatic carbocycles. The Labute approximate surface area is 211 Å². The lowest BCUT2D eigenvalue weighted by atomic mass is 10.0. The van der Waals surface area contributed by atoms with Gasteiger partial charge in [0.25, 0.3) is 0 Å². The van der Waals surface area contributed by atoms with Crippen molar-refractivity contribution >= 4 is 32.1 Å². The first-order valence-corrected chi connectivity index (χ1v) is 13.4. The summed E-state index contributed by atoms with van der Waals surface area (Å²) in [6, 6.07) is 6.72. The fourth-order valence-corrected chi connectivity index (χ4v) is 5.95. The van der Waals surface area contributed by atoms with E-state index >= 15 is 0 Å². The fourth-order valence-electron chi connectivity index (χ4n) is 4.62. The fraction of sp³-hybridized carbons (Fsp3) is 0.375. The molecule has 1 atom stereocenters. The minimum atomic E-state index is -3.77. The second-order valence-corrected chi connectivity index (χ2v) is 10.8. The number of hydrogen-bond acceptors (Lipinski definition) is 8. The van der Waals surface area contributed by atoms with Gasteiger partial charge in [-0.05, 0) is 44.1 Å². The van der Waals surface area contributed by atoms with E-state index in [1.54, 1.807) is 24.4 Å². The van der Waals surface area contributed by atoms with Crippen molar-refractivity contribution in [3.63, 3.8) is 0 Å². The summed E-state index contributed by atoms with van der Waals surface area (Å²) in [5.41, 5.74) is 1.88. The van der Waals surface area contributed by atoms with Crippen molar-refractivity contribution in [1.82, 2.24) is 29.6 Å². The highest BCUT2D eigenvalue weighted by Gasteiger charge is 2.26. The first-order chi connectivity index (χ1) is 17.7. The number of benzene rings is 1. The Balaban J connectivity index is 1.18. The van der Waals surface area contributed by atoms with Crippen molar-refractivity contribution in [2.24, 2.45) is 0 Å². The third-order valence-electron chi connectivity index (χ3n) is 6.40. The number of hydrogen-bond donors (Lipinski definition) is 3. The Morgan fingerprint density at radius 2 is 1.97 bits per heavy atom. The van der Waals surface area contributed by atoms with Crippen LogP contribution in [0.5, 0.6) is 5.88 Å². The molecule has 1 aliphatic rings. The third-order valence-corrected chi connectivity index (χ3v) is 7.75. The maximum absolute atomic E-state index is 13.9. The molecule has 37 heavy (non-hydrogen) atoms. The number of likely N-dealkylation sites (tertiary alicyclic amines) is 1. The largest absolute Gasteiger partial charge is 0.481 e. The summed E-state index contributed by atoms with van der Waals surface area (Å²) in [6.07, 6.45) is 1.92. The van der Waals surface area contributed by atoms with Gasteiger partial charge in [-0.3, -0.25) is 4.98 Å². The van der Waals surface area contributed by atoms with Crippen molar-refractivity contribution in [2.45, 2.75) is 30.7 Å². The number of methoxy groups -OCH3 is 1. The number of H-pyrrole nitrogens is 1. The summed E-state index contributed by atoms with van der Waals surface area (Å²) in [7, 11) is -2.25. The van der Waals surface area contributed by atoms with E-state index in [9.17, 15) is 22.3 Å². The van der Waals surface area contributed by atoms with Crippen LogP contribution >= 0.6 is 0 Å². The second-order valence-electron chi connectivity index (χ2n) is 9.06. The Hall–Kier alpha value is -3.26. The van der Waals surface area contributed by atoms with E-state index in [1.165, 1.54) is 7.11 Å². The average Bonchev–Trinajstić information content (AvgIpc) is 3.26. The van der Waals surface area contributed by atoms with Gasteiger partial charge in [0.2, 0.25) is 15.9 Å². The van der Waals surface area contributed by atoms with Crippen LogP contribution in [0.4, 0.5) is 8.78 Å². The molecule has 3 N–H and O–H groups in total. The molecular formula is C24H26F2N6O4S. The normalized spacial score (nSPS) is 16.4. The maximum Gasteiger partial charge on any atom is 0.219 e. The number of aromatic nitrogens is 4. The van der Waals surface area contributed by atoms with Crippen LogP contribution in [0.3, 0.4) is 0 Å². The first kappa shape index (κ1) is 25.4. The predicted octanol–water partition coefficient (Wildman–Crippen LogP) is 2.41. The molecular weight excluding hydrogens is 506 g/mol. The number of aliphatic hydroxyl groups excluding tert-OH is 1. The molecule has 1 fully saturated rings. The molecule has 5 rings (SSSR count). The molecule has 0 spiro atoms. The Morgan fingerprint density at radius 1 is 1.19 bits per heavy atom. The molecule has 1 saturated heterocycles. The summed E-state index contributed by atoms with van der Waals surface area (Å²) in [5.74, 6) is -1.64. The number of sulfonamides is 1. The molecule has 0 radical (unpaired) electrons. The highest BCUT2D eigenvalue weighted by Crippen LogP contribution is 2.25. The van der Waals surface area contributed by atoms with Gasteiger partial charge in [0.05, 0.1) is 29.8 Å². The molecule has 4 heterocycles. The van der Waals surface area contributed by atoms with Gasteiger partial charge < -0.3 is 19.7 Å². The van der Waals surface area contributed by atoms with Gasteiger partial charge in [0.1, 0.15) is 22.9 Å². The number of aromatic amines is 1. The van der Waals surface area contributed by atoms with E-state index in [-0.39, 0.29) is 22.9 Å². The number of pyridine rings is 2. The lowest BCUT2D eigenvalue weighted by molar-refractivity contribution is 0.0970. The van der Waals surface area contributed by atoms with E-state index < -0.39 is 33.5 Å². The zero-order chi connectivity index (χ0) is 26.2. The SMILES string of the molecule is COc1ccc2nccc([C@@H](O)CN3CCC(NS(=O)(=O)Cc4nc5c(F)cc(F)cc5[nH]4)CC3)c2n1. The molecule has 3 aromatic heterocycles. The average molecular weight is 533 g/mol. The van der Waals surface area contributed by atoms with Gasteiger partial charge in [0, 0.05) is 36.5 Å². The van der Waals surface area contributed by atoms with E-state index in [2.05, 4.69) is 29.6 Å². The van der Waals surface area contributed by atoms with E-state index in [0.29, 0.717) is 61.0 Å². The third kappa shape index (κ3) is 5.69. The van der Waals surface area contributed by atoms with Crippen LogP contribution in [0.25, 0.3) is 22.1 Å². The van der Waals surface area contributed by atoms with Crippen molar-refractivity contribution in [3.05, 3.63) is 59.6 Å². The predicted molar refractivity (Wildman–Crippen MR) is 132 cm³/mol. The van der Waals surface area contributed by atoms with Crippen molar-refractivity contribution in [1.29, 1.82) is 0 Å². The Morgan fingerprint density at radius 3 is 2.73 bits per heavy atom. The van der Waals surface area contributed by atoms with Crippen molar-refractivity contribution < 1.29 is 27.0 Å². The molecule has 1 aromatic carbocycles. The van der Waals surface area contributed by atoms with Gasteiger partial charge in [0.15, 0.2) is 5.82 Å². The van der Waals surface area contributed by atoms with Crippen LogP contribution in [0, 0.1) is 11.6 Å². The summed E-state index contributed by atoms with van der Waals surface area (Å²) in [5, 5.41) is 10.9. The first-order valence-electron chi connectivity index (χ1n) is 11.7. The number of aliphatic hydroxyl groups is 1. The number of β-amino-alcohol motifs (C(OH)–C–C–N with tert-alkyl or cyclic N) is 1. The van der Waals surface area contributed by atoms with E-state index in [0.717, 1.165) is 6.07 Å². The number of halogens is 2. The highest BCUT2D eigenvalue weighted by atomic mass is 32.2. The Kier molecular flexibility index (Phi) is 7.03. The quantitative estimate of drug-likeness (QED) is 0.315. The lowest BCUT2D eigenvalue weighted by Crippen LogP contribution is -2.45. The highest BCUT2D eigenvalue weighted by molar-refractivity contribution is 7.88. The minimum Gasteiger partial charge on any atom is -0.481 e. The monoisotopic (exact) mass is 532 g/mol. The van der Waals surface area contributed by atoms with Crippen LogP contribution < -0.4 is 9.46 Å². The molecule has 0 bridgehead atoms. The van der Waals surface area contributed by atoms with Gasteiger partial charge in [-0.25, -0.2) is 31.9 Å². The van der Waals surface area contributed by atoms with Crippen LogP contribution in [-0.2, 0) is 15.8 Å². The van der Waals surface area contributed by atoms with E-state index in [4.69, 9.17) is 4.74 Å². The zero-order valence-electron chi connectivity index (χ0n) is 20.0. The van der Waals surface area contributed by atoms with Crippen molar-refractivity contribution in [2.75, 3.05) is 26.7 Å². The lowest BCUT2D eigenvalue weighted by Gasteiger charge is -2.33. The van der Waals surface area contributed by atoms with Crippen LogP contribution in [0.15, 0.2) is 36.5 Å². The van der Waals surface area contributed by atoms with E-state index in [1.807, 2.05) is 0 Å². The van der Waals surface area contributed by atoms with Crippen molar-refractivity contribution in [3.8, 4) is 5.88 Å². The maximum atomic E-state index is 13.9. The van der Waals surface area contributed by atoms with Gasteiger partial charge >= 0.3 is 0 Å². The Bertz CT molecular complexity index is 1540. The number of imidazole rings is 1. The number of nitrogens with one attached hydrogen (secondary N) is 2. The van der Waals surface area contributed by atoms with Crippen LogP contribution in [-0.4, -0.2) is 71.1 Å². The zero-order valence-corrected chi connectivity index (χ0v) is 20.8. The number of ether oxygens (including phenoxy) is 1. The molecule has 0 saturated carbocycles. The minimum absolute atomic E-state index is 0.0300. The van der Waals surface area contributed by atoms with Gasteiger partial charge in [-0.1, -0.05) is 0 Å². The van der Waals surface area contributed by atoms with Crippen LogP contribution in [0.2, 0.25) is 0 Å². The molecule has 10 nitrogen and oxygen atoms in total. The summed E-state index contributed by atoms with van der Waals surface area (Å²) in [6.45, 7) is 1.52. The standard InChI is InChI=1S/C24H26F2N6O4S/c1-36-22-3-2-18-23(30-22)16(4-7-27-18)20(33)12-32-8-5-15(6-9-32)31-37(34,35)13-21-28-19-11-14(25)10-17(26)24(19)29-21/h2-4,7,10-11,15,20,31,33H,5-6,8-9,12-13H2,1H3,(H,28,29)/t20-/m0/s1. The van der Waals surface area contributed by atoms with Gasteiger partial charge in [-0.2, -0.15) is 0 Å². The topological polar surface area (TPSA) is 133 Å². The summed E-state index contributed by atoms with van der Waals surface area (Å²) >= 11 is 0. The number of piperidine rings is 1. The number of rotatable bonds is 8. The molecule has 0 unspecified atom stereocenters. The van der Waals surface area contributed by atoms with Gasteiger partial charge in [-0.15, -0.1) is 0 Å². The smallest absolute Gasteiger partial charge is 0.219 e. The second kappa shape index (κ2) is 10.2. The summed E-state index contributed by atoms with van der Waals surface area (Å²) in [4.78, 5) is 17.4. The number of nitrogens with zero attached hydrogens (tertiary/aromatic N) is 4. The molecule has 196 valence electrons. The van der Waals surface area contributed by atoms with Crippen LogP contribution in [0.1, 0.15) is 30.3 Å².